The van der Waals surface area contributed by atoms with Gasteiger partial charge in [-0.25, -0.2) is 9.97 Å². The summed E-state index contributed by atoms with van der Waals surface area (Å²) in [6.07, 6.45) is 1.56. The lowest BCUT2D eigenvalue weighted by Gasteiger charge is -2.17. The average molecular weight is 249 g/mol. The monoisotopic (exact) mass is 249 g/mol. The largest absolute Gasteiger partial charge is 0.481 e. The Morgan fingerprint density at radius 2 is 2.17 bits per heavy atom. The minimum absolute atomic E-state index is 0.153. The number of aromatic nitrogens is 2. The zero-order chi connectivity index (χ0) is 13.3. The molecule has 0 aromatic carbocycles. The van der Waals surface area contributed by atoms with Crippen LogP contribution in [0.15, 0.2) is 12.4 Å². The molecule has 5 heteroatoms. The van der Waals surface area contributed by atoms with Crippen molar-refractivity contribution in [3.63, 3.8) is 0 Å². The minimum atomic E-state index is -0.719. The van der Waals surface area contributed by atoms with Crippen LogP contribution >= 0.6 is 0 Å². The average Bonchev–Trinajstić information content (AvgIpc) is 2.71. The highest BCUT2D eigenvalue weighted by Gasteiger charge is 2.35. The normalized spacial score (nSPS) is 23.7. The highest BCUT2D eigenvalue weighted by molar-refractivity contribution is 5.72. The van der Waals surface area contributed by atoms with E-state index >= 15 is 0 Å². The Morgan fingerprint density at radius 3 is 2.72 bits per heavy atom. The SMILES string of the molecule is CC(C)c1cc(N2C[C@@H](C)[C@H](C(=O)O)C2)ncn1. The quantitative estimate of drug-likeness (QED) is 0.884. The van der Waals surface area contributed by atoms with Crippen molar-refractivity contribution in [2.24, 2.45) is 11.8 Å². The molecule has 1 fully saturated rings. The maximum Gasteiger partial charge on any atom is 0.308 e. The van der Waals surface area contributed by atoms with Crippen LogP contribution in [-0.2, 0) is 4.79 Å². The van der Waals surface area contributed by atoms with E-state index in [1.807, 2.05) is 17.9 Å². The van der Waals surface area contributed by atoms with Crippen LogP contribution in [0.25, 0.3) is 0 Å². The maximum absolute atomic E-state index is 11.1. The van der Waals surface area contributed by atoms with Crippen molar-refractivity contribution >= 4 is 11.8 Å². The van der Waals surface area contributed by atoms with Crippen molar-refractivity contribution in [2.45, 2.75) is 26.7 Å². The lowest BCUT2D eigenvalue weighted by Crippen LogP contribution is -2.24. The Bertz CT molecular complexity index is 448. The van der Waals surface area contributed by atoms with Crippen LogP contribution in [0, 0.1) is 11.8 Å². The van der Waals surface area contributed by atoms with Gasteiger partial charge in [0, 0.05) is 24.8 Å². The van der Waals surface area contributed by atoms with E-state index in [4.69, 9.17) is 5.11 Å². The van der Waals surface area contributed by atoms with Crippen LogP contribution in [-0.4, -0.2) is 34.1 Å². The van der Waals surface area contributed by atoms with Crippen LogP contribution in [0.1, 0.15) is 32.4 Å². The molecule has 2 atom stereocenters. The third-order valence-corrected chi connectivity index (χ3v) is 3.52. The lowest BCUT2D eigenvalue weighted by molar-refractivity contribution is -0.142. The van der Waals surface area contributed by atoms with Gasteiger partial charge >= 0.3 is 5.97 Å². The van der Waals surface area contributed by atoms with E-state index in [2.05, 4.69) is 23.8 Å². The van der Waals surface area contributed by atoms with E-state index in [9.17, 15) is 4.79 Å². The van der Waals surface area contributed by atoms with Gasteiger partial charge in [-0.1, -0.05) is 20.8 Å². The second-order valence-corrected chi connectivity index (χ2v) is 5.28. The number of nitrogens with zero attached hydrogens (tertiary/aromatic N) is 3. The first kappa shape index (κ1) is 12.8. The molecule has 1 aromatic heterocycles. The number of carboxylic acids is 1. The molecule has 0 bridgehead atoms. The standard InChI is InChI=1S/C13H19N3O2/c1-8(2)11-4-12(15-7-14-11)16-5-9(3)10(6-16)13(17)18/h4,7-10H,5-6H2,1-3H3,(H,17,18)/t9-,10-/m1/s1. The Morgan fingerprint density at radius 1 is 1.44 bits per heavy atom. The summed E-state index contributed by atoms with van der Waals surface area (Å²) in [5.74, 6) is 0.317. The smallest absolute Gasteiger partial charge is 0.308 e. The molecule has 1 aromatic rings. The van der Waals surface area contributed by atoms with Crippen molar-refractivity contribution < 1.29 is 9.90 Å². The van der Waals surface area contributed by atoms with E-state index in [-0.39, 0.29) is 11.8 Å². The van der Waals surface area contributed by atoms with Gasteiger partial charge in [0.05, 0.1) is 5.92 Å². The summed E-state index contributed by atoms with van der Waals surface area (Å²) < 4.78 is 0. The molecule has 1 saturated heterocycles. The molecule has 0 amide bonds. The fourth-order valence-electron chi connectivity index (χ4n) is 2.33. The van der Waals surface area contributed by atoms with Crippen LogP contribution in [0.2, 0.25) is 0 Å². The summed E-state index contributed by atoms with van der Waals surface area (Å²) in [6, 6.07) is 1.96. The van der Waals surface area contributed by atoms with Crippen molar-refractivity contribution in [2.75, 3.05) is 18.0 Å². The van der Waals surface area contributed by atoms with Gasteiger partial charge in [-0.3, -0.25) is 4.79 Å². The molecular weight excluding hydrogens is 230 g/mol. The molecule has 1 aliphatic heterocycles. The Balaban J connectivity index is 2.18. The molecule has 0 spiro atoms. The topological polar surface area (TPSA) is 66.3 Å². The number of hydrogen-bond acceptors (Lipinski definition) is 4. The van der Waals surface area contributed by atoms with Gasteiger partial charge in [-0.2, -0.15) is 0 Å². The van der Waals surface area contributed by atoms with Crippen molar-refractivity contribution in [1.29, 1.82) is 0 Å². The molecular formula is C13H19N3O2. The number of rotatable bonds is 3. The summed E-state index contributed by atoms with van der Waals surface area (Å²) >= 11 is 0. The molecule has 1 aliphatic rings. The van der Waals surface area contributed by atoms with E-state index in [0.29, 0.717) is 12.5 Å². The van der Waals surface area contributed by atoms with Crippen LogP contribution in [0.4, 0.5) is 5.82 Å². The summed E-state index contributed by atoms with van der Waals surface area (Å²) in [6.45, 7) is 7.41. The highest BCUT2D eigenvalue weighted by Crippen LogP contribution is 2.27. The van der Waals surface area contributed by atoms with Gasteiger partial charge in [0.25, 0.3) is 0 Å². The Labute approximate surface area is 107 Å². The molecule has 2 rings (SSSR count). The summed E-state index contributed by atoms with van der Waals surface area (Å²) in [5, 5.41) is 9.13. The molecule has 18 heavy (non-hydrogen) atoms. The summed E-state index contributed by atoms with van der Waals surface area (Å²) in [5.41, 5.74) is 0.992. The first-order chi connectivity index (χ1) is 8.49. The van der Waals surface area contributed by atoms with E-state index in [1.165, 1.54) is 0 Å². The van der Waals surface area contributed by atoms with Crippen LogP contribution < -0.4 is 4.90 Å². The summed E-state index contributed by atoms with van der Waals surface area (Å²) in [4.78, 5) is 21.6. The Kier molecular flexibility index (Phi) is 3.50. The number of aliphatic carboxylic acids is 1. The highest BCUT2D eigenvalue weighted by atomic mass is 16.4. The van der Waals surface area contributed by atoms with Gasteiger partial charge in [0.15, 0.2) is 0 Å². The lowest BCUT2D eigenvalue weighted by atomic mass is 9.99. The zero-order valence-corrected chi connectivity index (χ0v) is 11.0. The van der Waals surface area contributed by atoms with Crippen LogP contribution in [0.3, 0.4) is 0 Å². The van der Waals surface area contributed by atoms with Crippen molar-refractivity contribution in [3.8, 4) is 0 Å². The van der Waals surface area contributed by atoms with E-state index in [1.54, 1.807) is 6.33 Å². The molecule has 98 valence electrons. The van der Waals surface area contributed by atoms with Crippen LogP contribution in [0.5, 0.6) is 0 Å². The van der Waals surface area contributed by atoms with Gasteiger partial charge < -0.3 is 10.0 Å². The molecule has 0 radical (unpaired) electrons. The first-order valence-corrected chi connectivity index (χ1v) is 6.28. The first-order valence-electron chi connectivity index (χ1n) is 6.28. The predicted octanol–water partition coefficient (Wildman–Crippen LogP) is 1.76. The second kappa shape index (κ2) is 4.92. The Hall–Kier alpha value is -1.65. The molecule has 0 saturated carbocycles. The molecule has 2 heterocycles. The molecule has 5 nitrogen and oxygen atoms in total. The van der Waals surface area contributed by atoms with E-state index in [0.717, 1.165) is 18.1 Å². The van der Waals surface area contributed by atoms with E-state index < -0.39 is 5.97 Å². The third kappa shape index (κ3) is 2.44. The van der Waals surface area contributed by atoms with Gasteiger partial charge in [0.2, 0.25) is 0 Å². The number of carbonyl (C=O) groups is 1. The molecule has 0 unspecified atom stereocenters. The second-order valence-electron chi connectivity index (χ2n) is 5.28. The number of carboxylic acid groups (broad SMARTS) is 1. The fourth-order valence-corrected chi connectivity index (χ4v) is 2.33. The number of hydrogen-bond donors (Lipinski definition) is 1. The zero-order valence-electron chi connectivity index (χ0n) is 11.0. The third-order valence-electron chi connectivity index (χ3n) is 3.52. The maximum atomic E-state index is 11.1. The predicted molar refractivity (Wildman–Crippen MR) is 68.6 cm³/mol. The molecule has 1 N–H and O–H groups in total. The summed E-state index contributed by atoms with van der Waals surface area (Å²) in [7, 11) is 0. The van der Waals surface area contributed by atoms with Crippen molar-refractivity contribution in [1.82, 2.24) is 9.97 Å². The van der Waals surface area contributed by atoms with Crippen molar-refractivity contribution in [3.05, 3.63) is 18.1 Å². The van der Waals surface area contributed by atoms with Gasteiger partial charge in [0.1, 0.15) is 12.1 Å². The van der Waals surface area contributed by atoms with Gasteiger partial charge in [-0.15, -0.1) is 0 Å². The van der Waals surface area contributed by atoms with Gasteiger partial charge in [-0.05, 0) is 11.8 Å². The minimum Gasteiger partial charge on any atom is -0.481 e. The fraction of sp³-hybridized carbons (Fsp3) is 0.615. The molecule has 0 aliphatic carbocycles. The number of anilines is 1.